The van der Waals surface area contributed by atoms with Crippen molar-refractivity contribution in [2.75, 3.05) is 9.80 Å². The average molecular weight is 1240 g/mol. The van der Waals surface area contributed by atoms with Crippen LogP contribution in [0.5, 0.6) is 11.5 Å². The van der Waals surface area contributed by atoms with Gasteiger partial charge in [-0.25, -0.2) is 0 Å². The van der Waals surface area contributed by atoms with E-state index in [0.29, 0.717) is 0 Å². The molecule has 5 heterocycles. The number of para-hydroxylation sites is 7. The minimum atomic E-state index is -0.331. The number of anilines is 6. The molecule has 6 heteroatoms. The SMILES string of the molecule is CC(C)(C)c1cc2c3c(c1)-c1ccccc1Oc1ccccc1-c1cccc(C(C)(C)C)c1N3c1cc(-n3c4ccccc4c4ccccc43)cc3c1B2c1ccc(-n2c4ccccc4c4ccccc42)cc1N3c1c(-c2ccccc2)cc(C(C)(C)C)cc1-c1ccccc1. The Bertz CT molecular complexity index is 5550. The predicted octanol–water partition coefficient (Wildman–Crippen LogP) is 22.6. The van der Waals surface area contributed by atoms with Gasteiger partial charge in [-0.1, -0.05) is 263 Å². The zero-order valence-electron chi connectivity index (χ0n) is 55.8. The molecule has 13 aromatic carbocycles. The summed E-state index contributed by atoms with van der Waals surface area (Å²) in [6, 6.07) is 105. The topological polar surface area (TPSA) is 25.6 Å². The van der Waals surface area contributed by atoms with E-state index in [9.17, 15) is 0 Å². The lowest BCUT2D eigenvalue weighted by atomic mass is 9.33. The maximum Gasteiger partial charge on any atom is 0.252 e. The standard InChI is InChI=1S/C90H73BN4O/c1-88(2,3)58-49-69(56-29-12-10-13-30-56)85(70(50-58)57-31-14-11-15-32-57)94-79-53-60(92-75-41-22-16-33-62(75)63-34-17-23-42-76(63)92)47-48-73(79)91-74-52-59(89(4,5)6)51-71-67-38-21-27-46-83(67)96-82-45-26-20-37-66(82)68-39-28-40-72(90(7,8)9)86(68)95(87(71)74)81-55-61(54-80(94)84(81)91)93-77-43-24-18-35-64(77)65-36-19-25-44-78(65)93/h10-55H,1-9H3. The molecule has 3 aliphatic heterocycles. The Morgan fingerprint density at radius 2 is 0.719 bits per heavy atom. The quantitative estimate of drug-likeness (QED) is 0.161. The highest BCUT2D eigenvalue weighted by Gasteiger charge is 2.48. The van der Waals surface area contributed by atoms with E-state index in [0.717, 1.165) is 124 Å². The third-order valence-corrected chi connectivity index (χ3v) is 20.7. The second kappa shape index (κ2) is 21.2. The second-order valence-corrected chi connectivity index (χ2v) is 29.6. The van der Waals surface area contributed by atoms with Crippen molar-refractivity contribution in [2.45, 2.75) is 78.6 Å². The van der Waals surface area contributed by atoms with Crippen LogP contribution in [0.2, 0.25) is 0 Å². The highest BCUT2D eigenvalue weighted by atomic mass is 16.5. The summed E-state index contributed by atoms with van der Waals surface area (Å²) in [6.45, 7) is 21.0. The average Bonchev–Trinajstić information content (AvgIpc) is 0.728. The first kappa shape index (κ1) is 57.6. The van der Waals surface area contributed by atoms with Crippen LogP contribution in [-0.4, -0.2) is 15.8 Å². The number of hydrogen-bond donors (Lipinski definition) is 0. The maximum absolute atomic E-state index is 7.43. The zero-order valence-corrected chi connectivity index (χ0v) is 55.8. The Balaban J connectivity index is 1.09. The minimum Gasteiger partial charge on any atom is -0.456 e. The Morgan fingerprint density at radius 1 is 0.292 bits per heavy atom. The molecule has 0 amide bonds. The number of benzene rings is 13. The number of hydrogen-bond acceptors (Lipinski definition) is 3. The number of ether oxygens (including phenoxy) is 1. The molecule has 462 valence electrons. The molecule has 3 aliphatic rings. The van der Waals surface area contributed by atoms with Gasteiger partial charge < -0.3 is 23.7 Å². The minimum absolute atomic E-state index is 0.203. The smallest absolute Gasteiger partial charge is 0.252 e. The number of rotatable bonds is 5. The molecule has 0 spiro atoms. The lowest BCUT2D eigenvalue weighted by Crippen LogP contribution is -2.62. The van der Waals surface area contributed by atoms with Crippen LogP contribution in [0.1, 0.15) is 79.0 Å². The van der Waals surface area contributed by atoms with Gasteiger partial charge in [-0.2, -0.15) is 0 Å². The van der Waals surface area contributed by atoms with Gasteiger partial charge in [0.05, 0.1) is 39.1 Å². The normalized spacial score (nSPS) is 13.3. The summed E-state index contributed by atoms with van der Waals surface area (Å²) in [6.07, 6.45) is 0. The molecule has 0 saturated heterocycles. The second-order valence-electron chi connectivity index (χ2n) is 29.6. The highest BCUT2D eigenvalue weighted by Crippen LogP contribution is 2.58. The molecule has 2 aromatic heterocycles. The van der Waals surface area contributed by atoms with Crippen molar-refractivity contribution in [3.63, 3.8) is 0 Å². The first-order valence-electron chi connectivity index (χ1n) is 33.9. The van der Waals surface area contributed by atoms with Crippen molar-refractivity contribution in [1.82, 2.24) is 9.13 Å². The van der Waals surface area contributed by atoms with E-state index in [1.807, 2.05) is 0 Å². The van der Waals surface area contributed by atoms with Crippen LogP contribution in [0.15, 0.2) is 279 Å². The van der Waals surface area contributed by atoms with Crippen molar-refractivity contribution in [3.8, 4) is 67.4 Å². The molecule has 15 aromatic rings. The summed E-state index contributed by atoms with van der Waals surface area (Å²) in [5, 5.41) is 4.87. The summed E-state index contributed by atoms with van der Waals surface area (Å²) in [5.74, 6) is 1.62. The third-order valence-electron chi connectivity index (χ3n) is 20.7. The van der Waals surface area contributed by atoms with Crippen LogP contribution in [0, 0.1) is 0 Å². The molecule has 0 unspecified atom stereocenters. The van der Waals surface area contributed by atoms with Gasteiger partial charge in [0.1, 0.15) is 11.5 Å². The molecule has 0 radical (unpaired) electrons. The molecule has 0 aliphatic carbocycles. The lowest BCUT2D eigenvalue weighted by Gasteiger charge is -2.47. The molecular weight excluding hydrogens is 1160 g/mol. The van der Waals surface area contributed by atoms with Gasteiger partial charge in [-0.3, -0.25) is 0 Å². The van der Waals surface area contributed by atoms with E-state index >= 15 is 0 Å². The van der Waals surface area contributed by atoms with Crippen LogP contribution in [0.25, 0.3) is 99.5 Å². The molecule has 96 heavy (non-hydrogen) atoms. The van der Waals surface area contributed by atoms with E-state index in [2.05, 4.69) is 360 Å². The predicted molar refractivity (Wildman–Crippen MR) is 407 cm³/mol. The van der Waals surface area contributed by atoms with Gasteiger partial charge in [0.15, 0.2) is 0 Å². The molecule has 0 fully saturated rings. The van der Waals surface area contributed by atoms with Crippen molar-refractivity contribution in [2.24, 2.45) is 0 Å². The van der Waals surface area contributed by atoms with Gasteiger partial charge in [0.25, 0.3) is 6.71 Å². The summed E-state index contributed by atoms with van der Waals surface area (Å²) in [7, 11) is 0. The fourth-order valence-electron chi connectivity index (χ4n) is 16.1. The van der Waals surface area contributed by atoms with Crippen LogP contribution in [0.4, 0.5) is 34.1 Å². The summed E-state index contributed by atoms with van der Waals surface area (Å²) in [5.41, 5.74) is 29.1. The van der Waals surface area contributed by atoms with Crippen molar-refractivity contribution in [1.29, 1.82) is 0 Å². The molecule has 0 N–H and O–H groups in total. The Morgan fingerprint density at radius 3 is 1.24 bits per heavy atom. The zero-order chi connectivity index (χ0) is 65.1. The lowest BCUT2D eigenvalue weighted by molar-refractivity contribution is 0.486. The number of aromatic nitrogens is 2. The molecule has 0 bridgehead atoms. The van der Waals surface area contributed by atoms with Crippen molar-refractivity contribution >= 4 is 101 Å². The van der Waals surface area contributed by atoms with Crippen LogP contribution >= 0.6 is 0 Å². The van der Waals surface area contributed by atoms with E-state index in [-0.39, 0.29) is 23.0 Å². The Kier molecular flexibility index (Phi) is 12.7. The van der Waals surface area contributed by atoms with E-state index in [1.165, 1.54) is 54.6 Å². The molecule has 0 saturated carbocycles. The van der Waals surface area contributed by atoms with Crippen LogP contribution < -0.4 is 30.9 Å². The Labute approximate surface area is 562 Å². The maximum atomic E-state index is 7.43. The summed E-state index contributed by atoms with van der Waals surface area (Å²) in [4.78, 5) is 5.47. The first-order valence-corrected chi connectivity index (χ1v) is 33.9. The third kappa shape index (κ3) is 8.77. The number of nitrogens with zero attached hydrogens (tertiary/aromatic N) is 4. The van der Waals surface area contributed by atoms with E-state index in [4.69, 9.17) is 4.74 Å². The van der Waals surface area contributed by atoms with Gasteiger partial charge in [-0.15, -0.1) is 0 Å². The van der Waals surface area contributed by atoms with Crippen LogP contribution in [0.3, 0.4) is 0 Å². The van der Waals surface area contributed by atoms with E-state index < -0.39 is 0 Å². The van der Waals surface area contributed by atoms with Gasteiger partial charge in [0, 0.05) is 83.4 Å². The fraction of sp³-hybridized carbons (Fsp3) is 0.133. The number of fused-ring (bicyclic) bond motifs is 16. The monoisotopic (exact) mass is 1240 g/mol. The van der Waals surface area contributed by atoms with E-state index in [1.54, 1.807) is 0 Å². The van der Waals surface area contributed by atoms with Crippen LogP contribution in [-0.2, 0) is 16.2 Å². The van der Waals surface area contributed by atoms with Gasteiger partial charge in [0.2, 0.25) is 0 Å². The first-order chi connectivity index (χ1) is 46.6. The van der Waals surface area contributed by atoms with Crippen molar-refractivity contribution < 1.29 is 4.74 Å². The van der Waals surface area contributed by atoms with Gasteiger partial charge >= 0.3 is 0 Å². The van der Waals surface area contributed by atoms with Crippen molar-refractivity contribution in [3.05, 3.63) is 296 Å². The summed E-state index contributed by atoms with van der Waals surface area (Å²) >= 11 is 0. The molecule has 18 rings (SSSR count). The fourth-order valence-corrected chi connectivity index (χ4v) is 16.1. The molecule has 0 atom stereocenters. The highest BCUT2D eigenvalue weighted by molar-refractivity contribution is 7.00. The molecular formula is C90H73BN4O. The van der Waals surface area contributed by atoms with Gasteiger partial charge in [-0.05, 0) is 139 Å². The molecule has 5 nitrogen and oxygen atoms in total. The largest absolute Gasteiger partial charge is 0.456 e. The summed E-state index contributed by atoms with van der Waals surface area (Å²) < 4.78 is 12.5. The Hall–Kier alpha value is -11.1.